The SMILES string of the molecule is O=C(Cc1nccs1)NC1C(=O)N2C(C(=O)OC(c3ccccc3)c3ccccc3)C(C(=O)OCCBr)=CS[C@@H]12. The minimum atomic E-state index is -1.33. The highest BCUT2D eigenvalue weighted by atomic mass is 79.9. The van der Waals surface area contributed by atoms with E-state index in [0.29, 0.717) is 10.3 Å². The number of fused-ring (bicyclic) bond motifs is 1. The first-order chi connectivity index (χ1) is 19.5. The second kappa shape index (κ2) is 12.8. The summed E-state index contributed by atoms with van der Waals surface area (Å²) in [6.45, 7) is 0.0894. The maximum absolute atomic E-state index is 13.8. The zero-order valence-corrected chi connectivity index (χ0v) is 24.2. The molecule has 0 radical (unpaired) electrons. The molecule has 0 bridgehead atoms. The van der Waals surface area contributed by atoms with Gasteiger partial charge in [0, 0.05) is 16.9 Å². The Morgan fingerprint density at radius 3 is 2.33 bits per heavy atom. The van der Waals surface area contributed by atoms with Crippen LogP contribution in [0.2, 0.25) is 0 Å². The summed E-state index contributed by atoms with van der Waals surface area (Å²) in [6.07, 6.45) is 0.878. The molecular weight excluding hydrogens is 618 g/mol. The highest BCUT2D eigenvalue weighted by molar-refractivity contribution is 9.09. The third-order valence-corrected chi connectivity index (χ3v) is 8.58. The van der Waals surface area contributed by atoms with Crippen LogP contribution in [-0.4, -0.2) is 63.0 Å². The Labute approximate surface area is 247 Å². The number of rotatable bonds is 10. The molecule has 9 nitrogen and oxygen atoms in total. The van der Waals surface area contributed by atoms with E-state index in [1.54, 1.807) is 11.6 Å². The van der Waals surface area contributed by atoms with Gasteiger partial charge in [0.2, 0.25) is 11.8 Å². The number of ether oxygens (including phenoxy) is 2. The van der Waals surface area contributed by atoms with E-state index in [1.807, 2.05) is 60.7 Å². The van der Waals surface area contributed by atoms with Gasteiger partial charge in [-0.1, -0.05) is 76.6 Å². The summed E-state index contributed by atoms with van der Waals surface area (Å²) in [7, 11) is 0. The summed E-state index contributed by atoms with van der Waals surface area (Å²) in [5.74, 6) is -2.33. The molecule has 3 aromatic rings. The van der Waals surface area contributed by atoms with Crippen molar-refractivity contribution in [3.63, 3.8) is 0 Å². The minimum Gasteiger partial charge on any atom is -0.461 e. The van der Waals surface area contributed by atoms with Crippen molar-refractivity contribution in [1.29, 1.82) is 0 Å². The number of thiazole rings is 1. The van der Waals surface area contributed by atoms with Crippen molar-refractivity contribution in [2.75, 3.05) is 11.9 Å². The number of thioether (sulfide) groups is 1. The molecule has 12 heteroatoms. The maximum atomic E-state index is 13.8. The third kappa shape index (κ3) is 5.98. The lowest BCUT2D eigenvalue weighted by Crippen LogP contribution is -2.74. The van der Waals surface area contributed by atoms with Crippen LogP contribution in [0.5, 0.6) is 0 Å². The summed E-state index contributed by atoms with van der Waals surface area (Å²) >= 11 is 5.74. The average molecular weight is 643 g/mol. The van der Waals surface area contributed by atoms with Gasteiger partial charge in [-0.15, -0.1) is 23.1 Å². The van der Waals surface area contributed by atoms with E-state index in [9.17, 15) is 19.2 Å². The largest absolute Gasteiger partial charge is 0.461 e. The molecule has 2 aromatic carbocycles. The Bertz CT molecular complexity index is 1360. The van der Waals surface area contributed by atoms with Crippen molar-refractivity contribution < 1.29 is 28.7 Å². The van der Waals surface area contributed by atoms with E-state index in [-0.39, 0.29) is 24.5 Å². The highest BCUT2D eigenvalue weighted by Gasteiger charge is 2.57. The molecule has 2 aliphatic rings. The predicted molar refractivity (Wildman–Crippen MR) is 153 cm³/mol. The van der Waals surface area contributed by atoms with Crippen molar-refractivity contribution in [2.45, 2.75) is 30.0 Å². The molecule has 2 amide bonds. The smallest absolute Gasteiger partial charge is 0.337 e. The normalized spacial score (nSPS) is 19.8. The van der Waals surface area contributed by atoms with Crippen molar-refractivity contribution in [3.05, 3.63) is 99.4 Å². The van der Waals surface area contributed by atoms with Crippen LogP contribution in [0.1, 0.15) is 22.2 Å². The molecule has 1 aromatic heterocycles. The topological polar surface area (TPSA) is 115 Å². The Balaban J connectivity index is 1.40. The number of halogens is 1. The van der Waals surface area contributed by atoms with Gasteiger partial charge in [-0.05, 0) is 16.5 Å². The van der Waals surface area contributed by atoms with E-state index in [4.69, 9.17) is 9.47 Å². The number of β-lactam (4-membered cyclic amide) rings is 1. The fourth-order valence-electron chi connectivity index (χ4n) is 4.48. The van der Waals surface area contributed by atoms with Gasteiger partial charge in [-0.2, -0.15) is 0 Å². The molecule has 3 atom stereocenters. The molecule has 0 spiro atoms. The number of nitrogens with zero attached hydrogens (tertiary/aromatic N) is 2. The number of amides is 2. The summed E-state index contributed by atoms with van der Waals surface area (Å²) in [5, 5.41) is 6.49. The molecule has 40 heavy (non-hydrogen) atoms. The maximum Gasteiger partial charge on any atom is 0.337 e. The number of carbonyl (C=O) groups is 4. The molecular formula is C28H24BrN3O6S2. The summed E-state index contributed by atoms with van der Waals surface area (Å²) < 4.78 is 11.3. The van der Waals surface area contributed by atoms with Gasteiger partial charge in [0.25, 0.3) is 0 Å². The number of hydrogen-bond donors (Lipinski definition) is 1. The average Bonchev–Trinajstić information content (AvgIpc) is 3.50. The van der Waals surface area contributed by atoms with Gasteiger partial charge in [0.05, 0.1) is 12.0 Å². The molecule has 3 heterocycles. The first-order valence-corrected chi connectivity index (χ1v) is 15.3. The lowest BCUT2D eigenvalue weighted by molar-refractivity contribution is -0.167. The highest BCUT2D eigenvalue weighted by Crippen LogP contribution is 2.41. The van der Waals surface area contributed by atoms with Gasteiger partial charge < -0.3 is 19.7 Å². The van der Waals surface area contributed by atoms with Gasteiger partial charge in [-0.3, -0.25) is 9.59 Å². The van der Waals surface area contributed by atoms with E-state index in [0.717, 1.165) is 11.1 Å². The predicted octanol–water partition coefficient (Wildman–Crippen LogP) is 3.61. The Morgan fingerprint density at radius 1 is 1.05 bits per heavy atom. The van der Waals surface area contributed by atoms with Crippen molar-refractivity contribution >= 4 is 62.8 Å². The van der Waals surface area contributed by atoms with Crippen LogP contribution < -0.4 is 5.32 Å². The van der Waals surface area contributed by atoms with Gasteiger partial charge in [0.15, 0.2) is 12.1 Å². The van der Waals surface area contributed by atoms with Gasteiger partial charge in [-0.25, -0.2) is 14.6 Å². The summed E-state index contributed by atoms with van der Waals surface area (Å²) in [6, 6.07) is 16.3. The van der Waals surface area contributed by atoms with E-state index in [1.165, 1.54) is 33.4 Å². The lowest BCUT2D eigenvalue weighted by Gasteiger charge is -2.51. The van der Waals surface area contributed by atoms with E-state index >= 15 is 0 Å². The molecule has 5 rings (SSSR count). The van der Waals surface area contributed by atoms with Crippen molar-refractivity contribution in [2.24, 2.45) is 0 Å². The van der Waals surface area contributed by atoms with E-state index in [2.05, 4.69) is 26.2 Å². The molecule has 0 aliphatic carbocycles. The second-order valence-corrected chi connectivity index (χ2v) is 11.6. The zero-order chi connectivity index (χ0) is 28.1. The number of alkyl halides is 1. The standard InChI is InChI=1S/C28H24BrN3O6S2/c29-11-13-37-27(35)19-16-40-26-22(31-20(33)15-21-30-12-14-39-21)25(34)32(26)23(19)28(36)38-24(17-7-3-1-4-8-17)18-9-5-2-6-10-18/h1-10,12,14,16,22-24,26H,11,13,15H2,(H,31,33)/t22?,23?,26-/m0/s1. The minimum absolute atomic E-state index is 0.00739. The molecule has 1 N–H and O–H groups in total. The van der Waals surface area contributed by atoms with Crippen molar-refractivity contribution in [1.82, 2.24) is 15.2 Å². The van der Waals surface area contributed by atoms with Crippen LogP contribution in [0.25, 0.3) is 0 Å². The van der Waals surface area contributed by atoms with Crippen LogP contribution in [0.3, 0.4) is 0 Å². The molecule has 0 saturated carbocycles. The molecule has 1 fully saturated rings. The number of esters is 2. The summed E-state index contributed by atoms with van der Waals surface area (Å²) in [5.41, 5.74) is 1.48. The molecule has 2 unspecified atom stereocenters. The monoisotopic (exact) mass is 641 g/mol. The van der Waals surface area contributed by atoms with Gasteiger partial charge in [0.1, 0.15) is 23.0 Å². The first kappa shape index (κ1) is 28.1. The number of hydrogen-bond acceptors (Lipinski definition) is 9. The second-order valence-electron chi connectivity index (χ2n) is 8.86. The van der Waals surface area contributed by atoms with Crippen molar-refractivity contribution in [3.8, 4) is 0 Å². The number of benzene rings is 2. The van der Waals surface area contributed by atoms with Crippen LogP contribution in [0.4, 0.5) is 0 Å². The molecule has 1 saturated heterocycles. The Morgan fingerprint density at radius 2 is 1.73 bits per heavy atom. The number of carbonyl (C=O) groups excluding carboxylic acids is 4. The van der Waals surface area contributed by atoms with Gasteiger partial charge >= 0.3 is 11.9 Å². The molecule has 2 aliphatic heterocycles. The fraction of sp³-hybridized carbons (Fsp3) is 0.250. The first-order valence-electron chi connectivity index (χ1n) is 12.4. The van der Waals surface area contributed by atoms with E-state index < -0.39 is 41.4 Å². The lowest BCUT2D eigenvalue weighted by atomic mass is 9.97. The summed E-state index contributed by atoms with van der Waals surface area (Å²) in [4.78, 5) is 58.1. The Kier molecular flexibility index (Phi) is 8.98. The Hall–Kier alpha value is -3.48. The van der Waals surface area contributed by atoms with Crippen LogP contribution in [0.15, 0.2) is 83.2 Å². The number of nitrogens with one attached hydrogen (secondary N) is 1. The third-order valence-electron chi connectivity index (χ3n) is 6.31. The van der Waals surface area contributed by atoms with Crippen LogP contribution in [-0.2, 0) is 35.1 Å². The number of aromatic nitrogens is 1. The quantitative estimate of drug-likeness (QED) is 0.203. The fourth-order valence-corrected chi connectivity index (χ4v) is 6.46. The van der Waals surface area contributed by atoms with Crippen LogP contribution in [0, 0.1) is 0 Å². The molecule has 206 valence electrons. The zero-order valence-electron chi connectivity index (χ0n) is 21.0. The van der Waals surface area contributed by atoms with Crippen LogP contribution >= 0.6 is 39.0 Å².